The molecule has 0 saturated carbocycles. The van der Waals surface area contributed by atoms with Crippen molar-refractivity contribution in [2.75, 3.05) is 15.9 Å². The van der Waals surface area contributed by atoms with E-state index in [1.807, 2.05) is 0 Å². The molecule has 1 N–H and O–H groups in total. The molecular weight excluding hydrogens is 571 g/mol. The summed E-state index contributed by atoms with van der Waals surface area (Å²) in [5.41, 5.74) is 10.9. The van der Waals surface area contributed by atoms with Crippen LogP contribution in [0.25, 0.3) is 0 Å². The zero-order valence-electron chi connectivity index (χ0n) is 21.3. The van der Waals surface area contributed by atoms with Gasteiger partial charge in [-0.15, -0.1) is 0 Å². The summed E-state index contributed by atoms with van der Waals surface area (Å²) < 4.78 is 3.61. The molecule has 0 spiro atoms. The number of aryl methyl sites for hydroxylation is 2. The van der Waals surface area contributed by atoms with E-state index in [0.29, 0.717) is 30.3 Å². The predicted octanol–water partition coefficient (Wildman–Crippen LogP) is 9.00. The Balaban J connectivity index is 2.56. The van der Waals surface area contributed by atoms with Gasteiger partial charge in [-0.1, -0.05) is 0 Å². The van der Waals surface area contributed by atoms with Crippen molar-refractivity contribution in [2.24, 2.45) is 0 Å². The molecule has 2 aromatic carbocycles. The number of nitrogens with zero attached hydrogens (tertiary/aromatic N) is 1. The van der Waals surface area contributed by atoms with Gasteiger partial charge in [0.05, 0.1) is 0 Å². The number of halogens is 2. The minimum absolute atomic E-state index is 0.439. The second-order valence-electron chi connectivity index (χ2n) is 10.0. The molecule has 0 heterocycles. The van der Waals surface area contributed by atoms with Crippen LogP contribution in [-0.2, 0) is 12.9 Å². The van der Waals surface area contributed by atoms with Crippen molar-refractivity contribution >= 4 is 46.2 Å². The van der Waals surface area contributed by atoms with Crippen molar-refractivity contribution in [3.05, 3.63) is 51.6 Å². The van der Waals surface area contributed by atoms with E-state index in [0.717, 1.165) is 0 Å². The Morgan fingerprint density at radius 2 is 1.31 bits per heavy atom. The molecule has 0 bridgehead atoms. The second kappa shape index (κ2) is 11.8. The summed E-state index contributed by atoms with van der Waals surface area (Å²) in [6.07, 6.45) is 0. The van der Waals surface area contributed by atoms with Gasteiger partial charge in [-0.05, 0) is 0 Å². The van der Waals surface area contributed by atoms with Gasteiger partial charge in [-0.25, -0.2) is 0 Å². The fourth-order valence-electron chi connectivity index (χ4n) is 4.33. The summed E-state index contributed by atoms with van der Waals surface area (Å²) in [5, 5.41) is 3.84. The Bertz CT molecular complexity index is 907. The summed E-state index contributed by atoms with van der Waals surface area (Å²) >= 11 is 8.84. The summed E-state index contributed by atoms with van der Waals surface area (Å²) in [6, 6.07) is 7.05. The molecule has 32 heavy (non-hydrogen) atoms. The fraction of sp³-hybridized carbons (Fsp3) is 0.556. The molecule has 0 aromatic heterocycles. The van der Waals surface area contributed by atoms with Crippen LogP contribution >= 0.6 is 30.3 Å². The molecule has 2 nitrogen and oxygen atoms in total. The third-order valence-corrected chi connectivity index (χ3v) is 8.52. The molecule has 0 unspecified atom stereocenters. The van der Waals surface area contributed by atoms with Crippen LogP contribution in [0.2, 0.25) is 0 Å². The number of hydrogen-bond donors (Lipinski definition) is 1. The van der Waals surface area contributed by atoms with Gasteiger partial charge < -0.3 is 0 Å². The Morgan fingerprint density at radius 3 is 1.72 bits per heavy atom. The maximum absolute atomic E-state index is 3.94. The molecule has 0 radical (unpaired) electrons. The Labute approximate surface area is 218 Å². The molecule has 2 rings (SSSR count). The summed E-state index contributed by atoms with van der Waals surface area (Å²) in [4.78, 5) is 0. The van der Waals surface area contributed by atoms with Crippen molar-refractivity contribution < 1.29 is 12.9 Å². The van der Waals surface area contributed by atoms with Gasteiger partial charge in [-0.3, -0.25) is 0 Å². The average molecular weight is 611 g/mol. The Morgan fingerprint density at radius 1 is 0.812 bits per heavy atom. The van der Waals surface area contributed by atoms with E-state index in [1.54, 1.807) is 0 Å². The number of benzene rings is 2. The van der Waals surface area contributed by atoms with Gasteiger partial charge in [0.15, 0.2) is 0 Å². The van der Waals surface area contributed by atoms with E-state index in [2.05, 4.69) is 127 Å². The Kier molecular flexibility index (Phi) is 10.2. The average Bonchev–Trinajstić information content (AvgIpc) is 2.70. The maximum atomic E-state index is 3.94. The van der Waals surface area contributed by atoms with E-state index in [1.165, 1.54) is 62.2 Å². The molecule has 0 saturated heterocycles. The molecule has 0 aliphatic rings. The number of hydrogen-bond acceptors (Lipinski definition) is 2. The number of anilines is 2. The molecule has 0 atom stereocenters. The van der Waals surface area contributed by atoms with Crippen molar-refractivity contribution in [1.29, 1.82) is 0 Å². The number of nitrogens with one attached hydrogen (secondary N) is 1. The van der Waals surface area contributed by atoms with Crippen LogP contribution in [-0.4, -0.2) is 6.67 Å². The van der Waals surface area contributed by atoms with Crippen LogP contribution in [0.4, 0.5) is 11.4 Å². The zero-order valence-corrected chi connectivity index (χ0v) is 25.5. The van der Waals surface area contributed by atoms with Crippen LogP contribution < -0.4 is 13.7 Å². The van der Waals surface area contributed by atoms with Crippen LogP contribution in [0.5, 0.6) is 0 Å². The molecule has 0 amide bonds. The van der Waals surface area contributed by atoms with E-state index in [-0.39, 0.29) is 0 Å². The van der Waals surface area contributed by atoms with Gasteiger partial charge >= 0.3 is 219 Å². The van der Waals surface area contributed by atoms with Gasteiger partial charge in [0.25, 0.3) is 0 Å². The Hall–Kier alpha value is -0.494. The van der Waals surface area contributed by atoms with E-state index in [9.17, 15) is 0 Å². The molecule has 0 aliphatic heterocycles. The number of rotatable bonds is 9. The first-order valence-electron chi connectivity index (χ1n) is 11.6. The van der Waals surface area contributed by atoms with E-state index >= 15 is 0 Å². The van der Waals surface area contributed by atoms with Gasteiger partial charge in [0.1, 0.15) is 0 Å². The second-order valence-corrected chi connectivity index (χ2v) is 12.7. The van der Waals surface area contributed by atoms with Crippen LogP contribution in [0, 0.1) is 13.8 Å². The topological polar surface area (TPSA) is 15.3 Å². The van der Waals surface area contributed by atoms with Crippen LogP contribution in [0.15, 0.2) is 18.2 Å². The quantitative estimate of drug-likeness (QED) is 0.225. The van der Waals surface area contributed by atoms with Crippen molar-refractivity contribution in [2.45, 2.75) is 92.9 Å². The van der Waals surface area contributed by atoms with E-state index in [4.69, 9.17) is 0 Å². The molecule has 0 aliphatic carbocycles. The SMILES string of the molecule is Cc1cc(C(C)C)c(N(Br)CNc2c(C(C)C)cc(C)[c]([Co][Br])c2C(C)C)c(C(C)C)c1. The van der Waals surface area contributed by atoms with Crippen molar-refractivity contribution in [3.63, 3.8) is 0 Å². The third-order valence-electron chi connectivity index (χ3n) is 5.94. The third kappa shape index (κ3) is 6.14. The predicted molar refractivity (Wildman–Crippen MR) is 147 cm³/mol. The zero-order chi connectivity index (χ0) is 24.3. The molecule has 0 fully saturated rings. The van der Waals surface area contributed by atoms with Crippen LogP contribution in [0.3, 0.4) is 0 Å². The molecule has 5 heteroatoms. The van der Waals surface area contributed by atoms with Crippen molar-refractivity contribution in [3.8, 4) is 0 Å². The van der Waals surface area contributed by atoms with Crippen LogP contribution in [0.1, 0.15) is 112 Å². The first-order valence-corrected chi connectivity index (χ1v) is 15.4. The van der Waals surface area contributed by atoms with Gasteiger partial charge in [0, 0.05) is 0 Å². The first kappa shape index (κ1) is 27.7. The molecular formula is C27H40Br2CoN2. The standard InChI is InChI=1S/C27H40BrN2.BrH.Co/c1-16(2)22-11-20(9)12-23(17(3)4)26(22)29-15-30(28)27-24(18(5)6)13-21(10)14-25(27)19(7)8;;/h11,13-14,16-19,29H,15H2,1-10H3;1H;/q;;+1/p-1. The fourth-order valence-corrected chi connectivity index (χ4v) is 7.08. The van der Waals surface area contributed by atoms with E-state index < -0.39 is 0 Å². The van der Waals surface area contributed by atoms with Gasteiger partial charge in [0.2, 0.25) is 0 Å². The minimum atomic E-state index is 0.439. The van der Waals surface area contributed by atoms with Crippen molar-refractivity contribution in [1.82, 2.24) is 0 Å². The van der Waals surface area contributed by atoms with Gasteiger partial charge in [-0.2, -0.15) is 0 Å². The summed E-state index contributed by atoms with van der Waals surface area (Å²) in [7, 11) is 0. The summed E-state index contributed by atoms with van der Waals surface area (Å²) in [6.45, 7) is 23.4. The molecule has 2 aromatic rings. The monoisotopic (exact) mass is 609 g/mol. The normalized spacial score (nSPS) is 12.0. The first-order chi connectivity index (χ1) is 14.9. The summed E-state index contributed by atoms with van der Waals surface area (Å²) in [5.74, 6) is 1.81. The molecule has 181 valence electrons.